The highest BCUT2D eigenvalue weighted by Gasteiger charge is 2.04. The van der Waals surface area contributed by atoms with E-state index < -0.39 is 5.82 Å². The summed E-state index contributed by atoms with van der Waals surface area (Å²) < 4.78 is 24.7. The van der Waals surface area contributed by atoms with E-state index in [0.717, 1.165) is 15.8 Å². The lowest BCUT2D eigenvalue weighted by Crippen LogP contribution is -1.98. The van der Waals surface area contributed by atoms with Crippen LogP contribution in [-0.4, -0.2) is 7.11 Å². The topological polar surface area (TPSA) is 44.5 Å². The molecule has 5 heteroatoms. The van der Waals surface area contributed by atoms with Crippen LogP contribution in [0.1, 0.15) is 5.56 Å². The molecule has 100 valence electrons. The van der Waals surface area contributed by atoms with E-state index in [-0.39, 0.29) is 5.69 Å². The van der Waals surface area contributed by atoms with Crippen molar-refractivity contribution in [2.24, 2.45) is 0 Å². The normalized spacial score (nSPS) is 10.3. The van der Waals surface area contributed by atoms with Crippen molar-refractivity contribution in [3.8, 4) is 11.5 Å². The van der Waals surface area contributed by atoms with Crippen LogP contribution in [0.5, 0.6) is 11.5 Å². The third-order valence-electron chi connectivity index (χ3n) is 2.59. The lowest BCUT2D eigenvalue weighted by atomic mass is 10.2. The summed E-state index contributed by atoms with van der Waals surface area (Å²) in [4.78, 5) is 0. The Labute approximate surface area is 119 Å². The summed E-state index contributed by atoms with van der Waals surface area (Å²) in [6.07, 6.45) is 0. The number of hydrogen-bond acceptors (Lipinski definition) is 3. The fraction of sp³-hybridized carbons (Fsp3) is 0.143. The first-order chi connectivity index (χ1) is 9.10. The van der Waals surface area contributed by atoms with Gasteiger partial charge in [-0.2, -0.15) is 0 Å². The molecule has 0 spiro atoms. The Morgan fingerprint density at radius 2 is 2.00 bits per heavy atom. The van der Waals surface area contributed by atoms with E-state index in [1.54, 1.807) is 13.2 Å². The fourth-order valence-corrected chi connectivity index (χ4v) is 2.15. The van der Waals surface area contributed by atoms with Gasteiger partial charge >= 0.3 is 0 Å². The Kier molecular flexibility index (Phi) is 4.27. The maximum absolute atomic E-state index is 13.2. The minimum atomic E-state index is -0.478. The molecule has 0 aliphatic rings. The summed E-state index contributed by atoms with van der Waals surface area (Å²) in [5.41, 5.74) is 6.46. The summed E-state index contributed by atoms with van der Waals surface area (Å²) >= 11 is 3.40. The second kappa shape index (κ2) is 5.93. The zero-order valence-corrected chi connectivity index (χ0v) is 11.9. The standard InChI is InChI=1S/C14H13BrFNO2/c1-18-14-5-2-9(6-11(14)15)8-19-10-3-4-13(17)12(16)7-10/h2-7H,8,17H2,1H3. The molecule has 0 amide bonds. The molecular formula is C14H13BrFNO2. The molecule has 0 saturated heterocycles. The van der Waals surface area contributed by atoms with E-state index in [9.17, 15) is 4.39 Å². The van der Waals surface area contributed by atoms with Crippen LogP contribution in [0.25, 0.3) is 0 Å². The predicted molar refractivity (Wildman–Crippen MR) is 75.8 cm³/mol. The monoisotopic (exact) mass is 325 g/mol. The van der Waals surface area contributed by atoms with Gasteiger partial charge < -0.3 is 15.2 Å². The average Bonchev–Trinajstić information content (AvgIpc) is 2.40. The van der Waals surface area contributed by atoms with Gasteiger partial charge in [0.1, 0.15) is 23.9 Å². The van der Waals surface area contributed by atoms with Gasteiger partial charge in [0.05, 0.1) is 17.3 Å². The molecule has 2 aromatic carbocycles. The summed E-state index contributed by atoms with van der Waals surface area (Å²) in [7, 11) is 1.60. The third-order valence-corrected chi connectivity index (χ3v) is 3.21. The number of rotatable bonds is 4. The molecule has 0 unspecified atom stereocenters. The Morgan fingerprint density at radius 1 is 1.21 bits per heavy atom. The van der Waals surface area contributed by atoms with Crippen LogP contribution in [0.3, 0.4) is 0 Å². The van der Waals surface area contributed by atoms with Crippen LogP contribution in [0.15, 0.2) is 40.9 Å². The van der Waals surface area contributed by atoms with Gasteiger partial charge in [-0.15, -0.1) is 0 Å². The molecule has 0 aromatic heterocycles. The Bertz CT molecular complexity index is 590. The molecule has 0 atom stereocenters. The Morgan fingerprint density at radius 3 is 2.63 bits per heavy atom. The van der Waals surface area contributed by atoms with Crippen molar-refractivity contribution in [3.05, 3.63) is 52.3 Å². The number of benzene rings is 2. The lowest BCUT2D eigenvalue weighted by Gasteiger charge is -2.09. The van der Waals surface area contributed by atoms with Crippen LogP contribution < -0.4 is 15.2 Å². The predicted octanol–water partition coefficient (Wildman–Crippen LogP) is 3.76. The number of anilines is 1. The maximum Gasteiger partial charge on any atom is 0.149 e. The highest BCUT2D eigenvalue weighted by Crippen LogP contribution is 2.26. The van der Waals surface area contributed by atoms with Gasteiger partial charge in [0, 0.05) is 6.07 Å². The van der Waals surface area contributed by atoms with Gasteiger partial charge in [-0.05, 0) is 45.8 Å². The third kappa shape index (κ3) is 3.38. The van der Waals surface area contributed by atoms with Crippen molar-refractivity contribution in [1.29, 1.82) is 0 Å². The van der Waals surface area contributed by atoms with Crippen LogP contribution in [-0.2, 0) is 6.61 Å². The van der Waals surface area contributed by atoms with Crippen molar-refractivity contribution in [2.75, 3.05) is 12.8 Å². The van der Waals surface area contributed by atoms with Gasteiger partial charge in [-0.1, -0.05) is 6.07 Å². The molecule has 0 bridgehead atoms. The number of nitrogens with two attached hydrogens (primary N) is 1. The minimum absolute atomic E-state index is 0.111. The molecule has 0 fully saturated rings. The van der Waals surface area contributed by atoms with Crippen molar-refractivity contribution in [1.82, 2.24) is 0 Å². The summed E-state index contributed by atoms with van der Waals surface area (Å²) in [5.74, 6) is 0.717. The smallest absolute Gasteiger partial charge is 0.149 e. The first-order valence-electron chi connectivity index (χ1n) is 5.60. The lowest BCUT2D eigenvalue weighted by molar-refractivity contribution is 0.304. The van der Waals surface area contributed by atoms with Crippen LogP contribution >= 0.6 is 15.9 Å². The fourth-order valence-electron chi connectivity index (χ4n) is 1.56. The summed E-state index contributed by atoms with van der Waals surface area (Å²) in [6, 6.07) is 10.0. The van der Waals surface area contributed by atoms with E-state index in [2.05, 4.69) is 15.9 Å². The highest BCUT2D eigenvalue weighted by atomic mass is 79.9. The molecule has 0 radical (unpaired) electrons. The van der Waals surface area contributed by atoms with Crippen LogP contribution in [0, 0.1) is 5.82 Å². The second-order valence-corrected chi connectivity index (χ2v) is 4.80. The van der Waals surface area contributed by atoms with E-state index >= 15 is 0 Å². The molecule has 0 saturated carbocycles. The Hall–Kier alpha value is -1.75. The average molecular weight is 326 g/mol. The molecule has 2 aromatic rings. The summed E-state index contributed by atoms with van der Waals surface area (Å²) in [5, 5.41) is 0. The minimum Gasteiger partial charge on any atom is -0.496 e. The molecule has 19 heavy (non-hydrogen) atoms. The van der Waals surface area contributed by atoms with Gasteiger partial charge in [0.2, 0.25) is 0 Å². The molecule has 0 aliphatic carbocycles. The molecular weight excluding hydrogens is 313 g/mol. The maximum atomic E-state index is 13.2. The van der Waals surface area contributed by atoms with Crippen molar-refractivity contribution in [3.63, 3.8) is 0 Å². The number of halogens is 2. The molecule has 0 aliphatic heterocycles. The van der Waals surface area contributed by atoms with Crippen molar-refractivity contribution in [2.45, 2.75) is 6.61 Å². The van der Waals surface area contributed by atoms with Crippen LogP contribution in [0.4, 0.5) is 10.1 Å². The molecule has 2 rings (SSSR count). The van der Waals surface area contributed by atoms with Gasteiger partial charge in [-0.3, -0.25) is 0 Å². The number of nitrogen functional groups attached to an aromatic ring is 1. The van der Waals surface area contributed by atoms with E-state index in [4.69, 9.17) is 15.2 Å². The first-order valence-corrected chi connectivity index (χ1v) is 6.39. The molecule has 0 heterocycles. The number of ether oxygens (including phenoxy) is 2. The van der Waals surface area contributed by atoms with Crippen LogP contribution in [0.2, 0.25) is 0 Å². The second-order valence-electron chi connectivity index (χ2n) is 3.94. The molecule has 3 nitrogen and oxygen atoms in total. The number of hydrogen-bond donors (Lipinski definition) is 1. The quantitative estimate of drug-likeness (QED) is 0.870. The SMILES string of the molecule is COc1ccc(COc2ccc(N)c(F)c2)cc1Br. The van der Waals surface area contributed by atoms with Gasteiger partial charge in [0.25, 0.3) is 0 Å². The summed E-state index contributed by atoms with van der Waals surface area (Å²) in [6.45, 7) is 0.339. The largest absolute Gasteiger partial charge is 0.496 e. The number of methoxy groups -OCH3 is 1. The van der Waals surface area contributed by atoms with Crippen molar-refractivity contribution >= 4 is 21.6 Å². The van der Waals surface area contributed by atoms with E-state index in [0.29, 0.717) is 12.4 Å². The zero-order valence-electron chi connectivity index (χ0n) is 10.3. The van der Waals surface area contributed by atoms with Crippen molar-refractivity contribution < 1.29 is 13.9 Å². The van der Waals surface area contributed by atoms with E-state index in [1.807, 2.05) is 18.2 Å². The first kappa shape index (κ1) is 13.7. The highest BCUT2D eigenvalue weighted by molar-refractivity contribution is 9.10. The molecule has 2 N–H and O–H groups in total. The Balaban J connectivity index is 2.05. The van der Waals surface area contributed by atoms with Gasteiger partial charge in [0.15, 0.2) is 0 Å². The van der Waals surface area contributed by atoms with E-state index in [1.165, 1.54) is 12.1 Å². The zero-order chi connectivity index (χ0) is 13.8. The van der Waals surface area contributed by atoms with Gasteiger partial charge in [-0.25, -0.2) is 4.39 Å².